The second-order valence-corrected chi connectivity index (χ2v) is 4.85. The van der Waals surface area contributed by atoms with Crippen molar-refractivity contribution in [3.63, 3.8) is 0 Å². The van der Waals surface area contributed by atoms with E-state index in [2.05, 4.69) is 5.32 Å². The number of hydrogen-bond donors (Lipinski definition) is 1. The van der Waals surface area contributed by atoms with E-state index >= 15 is 0 Å². The summed E-state index contributed by atoms with van der Waals surface area (Å²) in [6.07, 6.45) is 7.33. The van der Waals surface area contributed by atoms with Gasteiger partial charge in [-0.05, 0) is 57.0 Å². The number of rotatable bonds is 2. The zero-order chi connectivity index (χ0) is 9.97. The molecule has 1 N–H and O–H groups in total. The second-order valence-electron chi connectivity index (χ2n) is 4.85. The molecule has 2 aliphatic rings. The highest BCUT2D eigenvalue weighted by Gasteiger charge is 2.32. The molecule has 0 bridgehead atoms. The molecule has 1 nitrogen and oxygen atoms in total. The number of nitrogens with one attached hydrogen (secondary N) is 1. The maximum atomic E-state index is 13.0. The van der Waals surface area contributed by atoms with Crippen molar-refractivity contribution in [1.29, 1.82) is 0 Å². The molecule has 1 saturated carbocycles. The molecule has 3 unspecified atom stereocenters. The van der Waals surface area contributed by atoms with Crippen LogP contribution in [-0.2, 0) is 0 Å². The summed E-state index contributed by atoms with van der Waals surface area (Å²) >= 11 is 0. The predicted octanol–water partition coefficient (Wildman–Crippen LogP) is 2.89. The van der Waals surface area contributed by atoms with Crippen molar-refractivity contribution >= 4 is 0 Å². The summed E-state index contributed by atoms with van der Waals surface area (Å²) in [4.78, 5) is 0. The molecule has 14 heavy (non-hydrogen) atoms. The van der Waals surface area contributed by atoms with Crippen molar-refractivity contribution in [3.8, 4) is 0 Å². The van der Waals surface area contributed by atoms with E-state index in [0.29, 0.717) is 5.92 Å². The Bertz CT molecular complexity index is 224. The molecule has 0 saturated heterocycles. The molecule has 2 rings (SSSR count). The lowest BCUT2D eigenvalue weighted by molar-refractivity contribution is 0.162. The SMILES string of the molecule is CNCC1CCC2CC(F)=CCC2C1. The first-order chi connectivity index (χ1) is 6.79. The van der Waals surface area contributed by atoms with Gasteiger partial charge in [-0.3, -0.25) is 0 Å². The number of halogens is 1. The molecule has 0 aromatic carbocycles. The maximum Gasteiger partial charge on any atom is 0.0962 e. The van der Waals surface area contributed by atoms with Crippen LogP contribution in [0.4, 0.5) is 4.39 Å². The van der Waals surface area contributed by atoms with Crippen molar-refractivity contribution in [2.45, 2.75) is 32.1 Å². The Hall–Kier alpha value is -0.370. The average Bonchev–Trinajstić information content (AvgIpc) is 2.19. The molecule has 2 heteroatoms. The first-order valence-electron chi connectivity index (χ1n) is 5.78. The highest BCUT2D eigenvalue weighted by Crippen LogP contribution is 2.42. The van der Waals surface area contributed by atoms with Gasteiger partial charge in [0.25, 0.3) is 0 Å². The smallest absolute Gasteiger partial charge is 0.0962 e. The largest absolute Gasteiger partial charge is 0.319 e. The van der Waals surface area contributed by atoms with E-state index in [1.54, 1.807) is 0 Å². The molecule has 2 aliphatic carbocycles. The van der Waals surface area contributed by atoms with E-state index in [0.717, 1.165) is 31.2 Å². The van der Waals surface area contributed by atoms with Gasteiger partial charge in [-0.15, -0.1) is 0 Å². The van der Waals surface area contributed by atoms with E-state index in [1.165, 1.54) is 19.3 Å². The van der Waals surface area contributed by atoms with E-state index in [-0.39, 0.29) is 5.83 Å². The zero-order valence-electron chi connectivity index (χ0n) is 8.93. The van der Waals surface area contributed by atoms with Gasteiger partial charge in [0.15, 0.2) is 0 Å². The van der Waals surface area contributed by atoms with Crippen LogP contribution in [0.25, 0.3) is 0 Å². The molecular weight excluding hydrogens is 177 g/mol. The number of allylic oxidation sites excluding steroid dienone is 2. The van der Waals surface area contributed by atoms with Crippen LogP contribution in [0.15, 0.2) is 11.9 Å². The van der Waals surface area contributed by atoms with Crippen molar-refractivity contribution in [2.75, 3.05) is 13.6 Å². The van der Waals surface area contributed by atoms with Crippen molar-refractivity contribution in [1.82, 2.24) is 5.32 Å². The third kappa shape index (κ3) is 2.17. The van der Waals surface area contributed by atoms with Crippen LogP contribution in [0.3, 0.4) is 0 Å². The van der Waals surface area contributed by atoms with E-state index in [4.69, 9.17) is 0 Å². The van der Waals surface area contributed by atoms with Gasteiger partial charge in [-0.2, -0.15) is 0 Å². The Labute approximate surface area is 85.8 Å². The van der Waals surface area contributed by atoms with Gasteiger partial charge in [-0.25, -0.2) is 4.39 Å². The van der Waals surface area contributed by atoms with Gasteiger partial charge in [0, 0.05) is 6.42 Å². The summed E-state index contributed by atoms with van der Waals surface area (Å²) in [6, 6.07) is 0. The van der Waals surface area contributed by atoms with Crippen molar-refractivity contribution in [3.05, 3.63) is 11.9 Å². The molecule has 0 heterocycles. The molecule has 0 spiro atoms. The molecule has 0 radical (unpaired) electrons. The summed E-state index contributed by atoms with van der Waals surface area (Å²) in [7, 11) is 2.02. The van der Waals surface area contributed by atoms with Gasteiger partial charge in [-0.1, -0.05) is 6.08 Å². The first-order valence-corrected chi connectivity index (χ1v) is 5.78. The number of hydrogen-bond acceptors (Lipinski definition) is 1. The standard InChI is InChI=1S/C12H20FN/c1-14-8-9-2-3-11-7-12(13)5-4-10(11)6-9/h5,9-11,14H,2-4,6-8H2,1H3. The molecule has 0 aromatic heterocycles. The van der Waals surface area contributed by atoms with Crippen LogP contribution in [0.1, 0.15) is 32.1 Å². The molecule has 0 amide bonds. The minimum atomic E-state index is 0.137. The fraction of sp³-hybridized carbons (Fsp3) is 0.833. The first kappa shape index (κ1) is 10.2. The highest BCUT2D eigenvalue weighted by atomic mass is 19.1. The lowest BCUT2D eigenvalue weighted by Gasteiger charge is -2.37. The van der Waals surface area contributed by atoms with Crippen LogP contribution in [0.5, 0.6) is 0 Å². The van der Waals surface area contributed by atoms with E-state index < -0.39 is 0 Å². The Kier molecular flexibility index (Phi) is 3.22. The zero-order valence-corrected chi connectivity index (χ0v) is 8.93. The summed E-state index contributed by atoms with van der Waals surface area (Å²) in [5.74, 6) is 2.38. The fourth-order valence-electron chi connectivity index (χ4n) is 3.07. The maximum absolute atomic E-state index is 13.0. The Balaban J connectivity index is 1.91. The van der Waals surface area contributed by atoms with E-state index in [1.807, 2.05) is 13.1 Å². The van der Waals surface area contributed by atoms with Gasteiger partial charge >= 0.3 is 0 Å². The van der Waals surface area contributed by atoms with Gasteiger partial charge < -0.3 is 5.32 Å². The topological polar surface area (TPSA) is 12.0 Å². The fourth-order valence-corrected chi connectivity index (χ4v) is 3.07. The predicted molar refractivity (Wildman–Crippen MR) is 56.7 cm³/mol. The summed E-state index contributed by atoms with van der Waals surface area (Å²) in [6.45, 7) is 1.13. The Morgan fingerprint density at radius 1 is 1.43 bits per heavy atom. The van der Waals surface area contributed by atoms with Crippen LogP contribution in [-0.4, -0.2) is 13.6 Å². The molecule has 3 atom stereocenters. The monoisotopic (exact) mass is 197 g/mol. The van der Waals surface area contributed by atoms with Gasteiger partial charge in [0.05, 0.1) is 5.83 Å². The van der Waals surface area contributed by atoms with Crippen LogP contribution in [0.2, 0.25) is 0 Å². The molecule has 1 fully saturated rings. The quantitative estimate of drug-likeness (QED) is 0.717. The third-order valence-corrected chi connectivity index (χ3v) is 3.84. The van der Waals surface area contributed by atoms with Gasteiger partial charge in [0.1, 0.15) is 0 Å². The summed E-state index contributed by atoms with van der Waals surface area (Å²) < 4.78 is 13.0. The van der Waals surface area contributed by atoms with Gasteiger partial charge in [0.2, 0.25) is 0 Å². The van der Waals surface area contributed by atoms with Crippen LogP contribution in [0, 0.1) is 17.8 Å². The third-order valence-electron chi connectivity index (χ3n) is 3.84. The summed E-state index contributed by atoms with van der Waals surface area (Å²) in [5, 5.41) is 3.25. The van der Waals surface area contributed by atoms with E-state index in [9.17, 15) is 4.39 Å². The van der Waals surface area contributed by atoms with Crippen LogP contribution >= 0.6 is 0 Å². The minimum Gasteiger partial charge on any atom is -0.319 e. The normalized spacial score (nSPS) is 37.6. The van der Waals surface area contributed by atoms with Crippen molar-refractivity contribution < 1.29 is 4.39 Å². The lowest BCUT2D eigenvalue weighted by atomic mass is 9.69. The van der Waals surface area contributed by atoms with Crippen LogP contribution < -0.4 is 5.32 Å². The average molecular weight is 197 g/mol. The Morgan fingerprint density at radius 2 is 2.29 bits per heavy atom. The second kappa shape index (κ2) is 4.43. The minimum absolute atomic E-state index is 0.137. The molecule has 0 aliphatic heterocycles. The Morgan fingerprint density at radius 3 is 3.07 bits per heavy atom. The molecule has 80 valence electrons. The summed E-state index contributed by atoms with van der Waals surface area (Å²) in [5.41, 5.74) is 0. The number of fused-ring (bicyclic) bond motifs is 1. The van der Waals surface area contributed by atoms with Crippen molar-refractivity contribution in [2.24, 2.45) is 17.8 Å². The molecule has 0 aromatic rings. The lowest BCUT2D eigenvalue weighted by Crippen LogP contribution is -2.31. The highest BCUT2D eigenvalue weighted by molar-refractivity contribution is 5.02. The molecular formula is C12H20FN.